The fraction of sp³-hybridized carbons (Fsp3) is 0.455. The Morgan fingerprint density at radius 2 is 1.24 bits per heavy atom. The summed E-state index contributed by atoms with van der Waals surface area (Å²) in [6, 6.07) is 0.315. The van der Waals surface area contributed by atoms with Crippen LogP contribution in [0.3, 0.4) is 0 Å². The molecular weight excluding hydrogens is 512 g/mol. The van der Waals surface area contributed by atoms with E-state index < -0.39 is 72.6 Å². The van der Waals surface area contributed by atoms with Gasteiger partial charge in [-0.3, -0.25) is 24.0 Å². The average molecular weight is 543 g/mol. The Hall–Kier alpha value is -3.85. The fourth-order valence-corrected chi connectivity index (χ4v) is 3.29. The molecule has 0 fully saturated rings. The SMILES string of the molecule is NC(CCC(=O)O)C(=O)NC(Cc1ccc(O)cc1)C(=O)NC(CS)C(=O)NC(CCC(=O)O)C(=O)O. The van der Waals surface area contributed by atoms with Crippen LogP contribution < -0.4 is 21.7 Å². The summed E-state index contributed by atoms with van der Waals surface area (Å²) in [6.07, 6.45) is -1.57. The van der Waals surface area contributed by atoms with Crippen molar-refractivity contribution in [3.63, 3.8) is 0 Å². The molecule has 1 aromatic rings. The number of carboxylic acids is 3. The van der Waals surface area contributed by atoms with Crippen LogP contribution in [0.15, 0.2) is 24.3 Å². The Bertz CT molecular complexity index is 988. The third-order valence-electron chi connectivity index (χ3n) is 5.09. The number of hydrogen-bond donors (Lipinski definition) is 9. The van der Waals surface area contributed by atoms with Gasteiger partial charge in [-0.15, -0.1) is 0 Å². The van der Waals surface area contributed by atoms with E-state index in [0.29, 0.717) is 5.56 Å². The molecule has 0 aromatic heterocycles. The summed E-state index contributed by atoms with van der Waals surface area (Å²) in [5.41, 5.74) is 6.24. The highest BCUT2D eigenvalue weighted by Crippen LogP contribution is 2.12. The molecule has 4 atom stereocenters. The molecule has 0 bridgehead atoms. The number of carboxylic acid groups (broad SMARTS) is 3. The van der Waals surface area contributed by atoms with Gasteiger partial charge in [-0.2, -0.15) is 12.6 Å². The van der Waals surface area contributed by atoms with Gasteiger partial charge in [0.25, 0.3) is 0 Å². The van der Waals surface area contributed by atoms with Crippen LogP contribution in [0, 0.1) is 0 Å². The Morgan fingerprint density at radius 1 is 0.757 bits per heavy atom. The van der Waals surface area contributed by atoms with Crippen molar-refractivity contribution in [1.29, 1.82) is 0 Å². The van der Waals surface area contributed by atoms with Crippen molar-refractivity contribution in [2.45, 2.75) is 56.3 Å². The number of benzene rings is 1. The standard InChI is InChI=1S/C22H30N4O10S/c23-13(5-7-17(28)29)19(32)25-15(9-11-1-3-12(27)4-2-11)20(33)26-16(10-37)21(34)24-14(22(35)36)6-8-18(30)31/h1-4,13-16,27,37H,5-10,23H2,(H,24,34)(H,25,32)(H,26,33)(H,28,29)(H,30,31)(H,35,36). The van der Waals surface area contributed by atoms with E-state index in [1.54, 1.807) is 0 Å². The number of amides is 3. The van der Waals surface area contributed by atoms with Crippen LogP contribution in [0.4, 0.5) is 0 Å². The maximum atomic E-state index is 13.0. The van der Waals surface area contributed by atoms with Crippen LogP contribution in [0.1, 0.15) is 31.2 Å². The maximum Gasteiger partial charge on any atom is 0.326 e. The lowest BCUT2D eigenvalue weighted by molar-refractivity contribution is -0.143. The molecule has 1 rings (SSSR count). The molecule has 9 N–H and O–H groups in total. The lowest BCUT2D eigenvalue weighted by atomic mass is 10.0. The van der Waals surface area contributed by atoms with Crippen LogP contribution in [-0.4, -0.2) is 86.0 Å². The molecule has 0 aliphatic heterocycles. The summed E-state index contributed by atoms with van der Waals surface area (Å²) in [4.78, 5) is 71.0. The number of rotatable bonds is 16. The molecule has 0 aliphatic rings. The second-order valence-corrected chi connectivity index (χ2v) is 8.41. The predicted molar refractivity (Wildman–Crippen MR) is 131 cm³/mol. The third kappa shape index (κ3) is 11.6. The van der Waals surface area contributed by atoms with E-state index in [4.69, 9.17) is 15.9 Å². The average Bonchev–Trinajstić information content (AvgIpc) is 2.83. The number of thiol groups is 1. The van der Waals surface area contributed by atoms with Crippen molar-refractivity contribution >= 4 is 48.3 Å². The molecule has 14 nitrogen and oxygen atoms in total. The first-order chi connectivity index (χ1) is 17.3. The van der Waals surface area contributed by atoms with Gasteiger partial charge in [-0.1, -0.05) is 12.1 Å². The second kappa shape index (κ2) is 15.3. The van der Waals surface area contributed by atoms with E-state index in [2.05, 4.69) is 28.6 Å². The molecule has 15 heteroatoms. The summed E-state index contributed by atoms with van der Waals surface area (Å²) >= 11 is 4.01. The molecule has 4 unspecified atom stereocenters. The zero-order valence-corrected chi connectivity index (χ0v) is 20.5. The fourth-order valence-electron chi connectivity index (χ4n) is 3.03. The molecular formula is C22H30N4O10S. The Balaban J connectivity index is 3.00. The number of carbonyl (C=O) groups excluding carboxylic acids is 3. The van der Waals surface area contributed by atoms with Gasteiger partial charge in [-0.25, -0.2) is 4.79 Å². The van der Waals surface area contributed by atoms with E-state index >= 15 is 0 Å². The van der Waals surface area contributed by atoms with Gasteiger partial charge < -0.3 is 42.1 Å². The largest absolute Gasteiger partial charge is 0.508 e. The van der Waals surface area contributed by atoms with Gasteiger partial charge in [0.15, 0.2) is 0 Å². The van der Waals surface area contributed by atoms with Gasteiger partial charge >= 0.3 is 17.9 Å². The molecule has 204 valence electrons. The van der Waals surface area contributed by atoms with E-state index in [-0.39, 0.29) is 30.8 Å². The topological polar surface area (TPSA) is 245 Å². The highest BCUT2D eigenvalue weighted by Gasteiger charge is 2.30. The number of aromatic hydroxyl groups is 1. The molecule has 37 heavy (non-hydrogen) atoms. The molecule has 0 saturated heterocycles. The van der Waals surface area contributed by atoms with Crippen molar-refractivity contribution in [2.75, 3.05) is 5.75 Å². The zero-order valence-electron chi connectivity index (χ0n) is 19.6. The Morgan fingerprint density at radius 3 is 1.76 bits per heavy atom. The van der Waals surface area contributed by atoms with Crippen molar-refractivity contribution in [3.05, 3.63) is 29.8 Å². The quantitative estimate of drug-likeness (QED) is 0.108. The first-order valence-electron chi connectivity index (χ1n) is 11.1. The van der Waals surface area contributed by atoms with E-state index in [1.807, 2.05) is 0 Å². The Labute approximate surface area is 217 Å². The maximum absolute atomic E-state index is 13.0. The minimum atomic E-state index is -1.53. The molecule has 0 aliphatic carbocycles. The zero-order chi connectivity index (χ0) is 28.1. The molecule has 0 spiro atoms. The van der Waals surface area contributed by atoms with E-state index in [1.165, 1.54) is 24.3 Å². The number of carbonyl (C=O) groups is 6. The van der Waals surface area contributed by atoms with Crippen LogP contribution in [0.2, 0.25) is 0 Å². The number of hydrogen-bond acceptors (Lipinski definition) is 9. The molecule has 3 amide bonds. The van der Waals surface area contributed by atoms with Crippen LogP contribution in [0.5, 0.6) is 5.75 Å². The molecule has 0 saturated carbocycles. The van der Waals surface area contributed by atoms with Gasteiger partial charge in [0.1, 0.15) is 23.9 Å². The van der Waals surface area contributed by atoms with Crippen LogP contribution in [0.25, 0.3) is 0 Å². The normalized spacial score (nSPS) is 13.9. The summed E-state index contributed by atoms with van der Waals surface area (Å²) in [7, 11) is 0. The summed E-state index contributed by atoms with van der Waals surface area (Å²) in [5, 5.41) is 43.2. The van der Waals surface area contributed by atoms with Gasteiger partial charge in [0.2, 0.25) is 17.7 Å². The van der Waals surface area contributed by atoms with E-state index in [0.717, 1.165) is 0 Å². The highest BCUT2D eigenvalue weighted by molar-refractivity contribution is 7.80. The minimum absolute atomic E-state index is 0.0350. The highest BCUT2D eigenvalue weighted by atomic mass is 32.1. The lowest BCUT2D eigenvalue weighted by Gasteiger charge is -2.24. The van der Waals surface area contributed by atoms with E-state index in [9.17, 15) is 39.0 Å². The molecule has 0 radical (unpaired) electrons. The van der Waals surface area contributed by atoms with Gasteiger partial charge in [0.05, 0.1) is 6.04 Å². The monoisotopic (exact) mass is 542 g/mol. The lowest BCUT2D eigenvalue weighted by Crippen LogP contribution is -2.58. The van der Waals surface area contributed by atoms with Crippen molar-refractivity contribution < 1.29 is 49.2 Å². The number of nitrogens with one attached hydrogen (secondary N) is 3. The van der Waals surface area contributed by atoms with Gasteiger partial charge in [0, 0.05) is 25.0 Å². The second-order valence-electron chi connectivity index (χ2n) is 8.05. The number of phenolic OH excluding ortho intramolecular Hbond substituents is 1. The first kappa shape index (κ1) is 31.2. The minimum Gasteiger partial charge on any atom is -0.508 e. The van der Waals surface area contributed by atoms with Crippen LogP contribution >= 0.6 is 12.6 Å². The smallest absolute Gasteiger partial charge is 0.326 e. The van der Waals surface area contributed by atoms with Crippen molar-refractivity contribution in [3.8, 4) is 5.75 Å². The first-order valence-corrected chi connectivity index (χ1v) is 11.7. The summed E-state index contributed by atoms with van der Waals surface area (Å²) < 4.78 is 0. The molecule has 1 aromatic carbocycles. The molecule has 0 heterocycles. The number of aliphatic carboxylic acids is 3. The number of nitrogens with two attached hydrogens (primary N) is 1. The summed E-state index contributed by atoms with van der Waals surface area (Å²) in [5.74, 6) is -6.78. The van der Waals surface area contributed by atoms with Crippen molar-refractivity contribution in [2.24, 2.45) is 5.73 Å². The van der Waals surface area contributed by atoms with Crippen LogP contribution in [-0.2, 0) is 35.2 Å². The third-order valence-corrected chi connectivity index (χ3v) is 5.46. The predicted octanol–water partition coefficient (Wildman–Crippen LogP) is -1.54. The van der Waals surface area contributed by atoms with Crippen molar-refractivity contribution in [1.82, 2.24) is 16.0 Å². The Kier molecular flexibility index (Phi) is 12.9. The number of phenols is 1. The summed E-state index contributed by atoms with van der Waals surface area (Å²) in [6.45, 7) is 0. The van der Waals surface area contributed by atoms with Gasteiger partial charge in [-0.05, 0) is 30.5 Å².